The summed E-state index contributed by atoms with van der Waals surface area (Å²) in [5.41, 5.74) is 0. The van der Waals surface area contributed by atoms with E-state index in [0.29, 0.717) is 17.5 Å². The molecule has 0 saturated heterocycles. The van der Waals surface area contributed by atoms with Gasteiger partial charge in [-0.1, -0.05) is 11.8 Å². The van der Waals surface area contributed by atoms with Crippen LogP contribution in [0.5, 0.6) is 0 Å². The van der Waals surface area contributed by atoms with Gasteiger partial charge in [0.1, 0.15) is 0 Å². The van der Waals surface area contributed by atoms with Gasteiger partial charge in [0.05, 0.1) is 0 Å². The van der Waals surface area contributed by atoms with Crippen molar-refractivity contribution in [3.63, 3.8) is 0 Å². The molecule has 0 fully saturated rings. The molecular formula is C9H10ClN5OS. The van der Waals surface area contributed by atoms with E-state index in [9.17, 15) is 0 Å². The molecule has 2 rings (SSSR count). The van der Waals surface area contributed by atoms with Crippen molar-refractivity contribution in [3.8, 4) is 5.95 Å². The van der Waals surface area contributed by atoms with Gasteiger partial charge in [-0.15, -0.1) is 0 Å². The molecule has 0 aliphatic rings. The van der Waals surface area contributed by atoms with E-state index in [-0.39, 0.29) is 11.9 Å². The lowest BCUT2D eigenvalue weighted by molar-refractivity contribution is 0.296. The fraction of sp³-hybridized carbons (Fsp3) is 0.333. The van der Waals surface area contributed by atoms with Gasteiger partial charge in [-0.3, -0.25) is 0 Å². The highest BCUT2D eigenvalue weighted by atomic mass is 35.5. The number of rotatable bonds is 5. The molecule has 2 heterocycles. The van der Waals surface area contributed by atoms with Gasteiger partial charge >= 0.3 is 0 Å². The minimum absolute atomic E-state index is 0.136. The van der Waals surface area contributed by atoms with Crippen LogP contribution in [0.15, 0.2) is 23.6 Å². The van der Waals surface area contributed by atoms with E-state index in [4.69, 9.17) is 16.7 Å². The van der Waals surface area contributed by atoms with Crippen molar-refractivity contribution in [2.75, 3.05) is 12.4 Å². The third-order valence-electron chi connectivity index (χ3n) is 1.82. The first kappa shape index (κ1) is 12.3. The largest absolute Gasteiger partial charge is 0.396 e. The van der Waals surface area contributed by atoms with Crippen LogP contribution in [0.1, 0.15) is 6.42 Å². The highest BCUT2D eigenvalue weighted by Crippen LogP contribution is 2.16. The summed E-state index contributed by atoms with van der Waals surface area (Å²) < 4.78 is 1.52. The SMILES string of the molecule is OCCCSc1nc(Cl)nc(-n2cccn2)n1. The molecule has 2 aromatic heterocycles. The first-order valence-corrected chi connectivity index (χ1v) is 6.31. The third-order valence-corrected chi connectivity index (χ3v) is 2.92. The van der Waals surface area contributed by atoms with Gasteiger partial charge in [-0.2, -0.15) is 20.1 Å². The van der Waals surface area contributed by atoms with Crippen LogP contribution < -0.4 is 0 Å². The third kappa shape index (κ3) is 3.39. The number of aromatic nitrogens is 5. The predicted octanol–water partition coefficient (Wildman–Crippen LogP) is 1.19. The van der Waals surface area contributed by atoms with Gasteiger partial charge in [0.2, 0.25) is 5.28 Å². The Morgan fingerprint density at radius 2 is 2.24 bits per heavy atom. The summed E-state index contributed by atoms with van der Waals surface area (Å²) in [6.07, 6.45) is 4.05. The number of thioether (sulfide) groups is 1. The lowest BCUT2D eigenvalue weighted by Gasteiger charge is -2.03. The number of aliphatic hydroxyl groups is 1. The molecule has 0 aromatic carbocycles. The zero-order valence-corrected chi connectivity index (χ0v) is 10.4. The fourth-order valence-electron chi connectivity index (χ4n) is 1.10. The summed E-state index contributed by atoms with van der Waals surface area (Å²) in [6, 6.07) is 1.77. The van der Waals surface area contributed by atoms with E-state index >= 15 is 0 Å². The van der Waals surface area contributed by atoms with Gasteiger partial charge in [-0.05, 0) is 24.1 Å². The standard InChI is InChI=1S/C9H10ClN5OS/c10-7-12-8(15-4-1-3-11-15)14-9(13-7)17-6-2-5-16/h1,3-4,16H,2,5-6H2. The highest BCUT2D eigenvalue weighted by Gasteiger charge is 2.07. The zero-order chi connectivity index (χ0) is 12.1. The van der Waals surface area contributed by atoms with Crippen molar-refractivity contribution < 1.29 is 5.11 Å². The van der Waals surface area contributed by atoms with Crippen molar-refractivity contribution in [1.82, 2.24) is 24.7 Å². The molecule has 0 saturated carbocycles. The van der Waals surface area contributed by atoms with Crippen LogP contribution in [-0.4, -0.2) is 42.2 Å². The molecular weight excluding hydrogens is 262 g/mol. The molecule has 17 heavy (non-hydrogen) atoms. The highest BCUT2D eigenvalue weighted by molar-refractivity contribution is 7.99. The van der Waals surface area contributed by atoms with Crippen LogP contribution in [0, 0.1) is 0 Å². The maximum absolute atomic E-state index is 8.70. The van der Waals surface area contributed by atoms with Crippen molar-refractivity contribution in [2.45, 2.75) is 11.6 Å². The fourth-order valence-corrected chi connectivity index (χ4v) is 2.06. The van der Waals surface area contributed by atoms with Gasteiger partial charge < -0.3 is 5.11 Å². The van der Waals surface area contributed by atoms with Crippen LogP contribution in [0.3, 0.4) is 0 Å². The van der Waals surface area contributed by atoms with E-state index in [2.05, 4.69) is 20.1 Å². The Hall–Kier alpha value is -1.18. The molecule has 0 unspecified atom stereocenters. The topological polar surface area (TPSA) is 76.7 Å². The zero-order valence-electron chi connectivity index (χ0n) is 8.82. The van der Waals surface area contributed by atoms with E-state index in [0.717, 1.165) is 5.75 Å². The second-order valence-electron chi connectivity index (χ2n) is 3.06. The summed E-state index contributed by atoms with van der Waals surface area (Å²) in [7, 11) is 0. The Morgan fingerprint density at radius 1 is 1.35 bits per heavy atom. The Bertz CT molecular complexity index is 478. The van der Waals surface area contributed by atoms with Crippen LogP contribution in [0.4, 0.5) is 0 Å². The smallest absolute Gasteiger partial charge is 0.255 e. The van der Waals surface area contributed by atoms with Crippen molar-refractivity contribution >= 4 is 23.4 Å². The molecule has 0 atom stereocenters. The number of nitrogens with zero attached hydrogens (tertiary/aromatic N) is 5. The molecule has 2 aromatic rings. The molecule has 6 nitrogen and oxygen atoms in total. The Balaban J connectivity index is 2.18. The Morgan fingerprint density at radius 3 is 2.94 bits per heavy atom. The number of aliphatic hydroxyl groups excluding tert-OH is 1. The van der Waals surface area contributed by atoms with E-state index < -0.39 is 0 Å². The normalized spacial score (nSPS) is 10.7. The molecule has 0 spiro atoms. The van der Waals surface area contributed by atoms with Crippen LogP contribution in [-0.2, 0) is 0 Å². The number of hydrogen-bond donors (Lipinski definition) is 1. The van der Waals surface area contributed by atoms with Gasteiger partial charge in [0.25, 0.3) is 5.95 Å². The second kappa shape index (κ2) is 5.95. The first-order valence-electron chi connectivity index (χ1n) is 4.95. The summed E-state index contributed by atoms with van der Waals surface area (Å²) in [6.45, 7) is 0.151. The monoisotopic (exact) mass is 271 g/mol. The van der Waals surface area contributed by atoms with Crippen molar-refractivity contribution in [3.05, 3.63) is 23.7 Å². The summed E-state index contributed by atoms with van der Waals surface area (Å²) in [5.74, 6) is 1.12. The first-order chi connectivity index (χ1) is 8.29. The quantitative estimate of drug-likeness (QED) is 0.650. The number of hydrogen-bond acceptors (Lipinski definition) is 6. The van der Waals surface area contributed by atoms with E-state index in [1.165, 1.54) is 16.4 Å². The van der Waals surface area contributed by atoms with Crippen molar-refractivity contribution in [1.29, 1.82) is 0 Å². The summed E-state index contributed by atoms with van der Waals surface area (Å²) in [4.78, 5) is 12.2. The van der Waals surface area contributed by atoms with Gasteiger partial charge in [0.15, 0.2) is 5.16 Å². The maximum atomic E-state index is 8.70. The van der Waals surface area contributed by atoms with Crippen molar-refractivity contribution in [2.24, 2.45) is 0 Å². The number of halogens is 1. The van der Waals surface area contributed by atoms with E-state index in [1.807, 2.05) is 0 Å². The molecule has 0 radical (unpaired) electrons. The molecule has 0 aliphatic heterocycles. The molecule has 8 heteroatoms. The van der Waals surface area contributed by atoms with Crippen LogP contribution >= 0.6 is 23.4 Å². The molecule has 0 aliphatic carbocycles. The molecule has 1 N–H and O–H groups in total. The molecule has 0 bridgehead atoms. The lowest BCUT2D eigenvalue weighted by Crippen LogP contribution is -2.04. The van der Waals surface area contributed by atoms with Crippen LogP contribution in [0.2, 0.25) is 5.28 Å². The average Bonchev–Trinajstić information content (AvgIpc) is 2.82. The second-order valence-corrected chi connectivity index (χ2v) is 4.46. The minimum atomic E-state index is 0.136. The Kier molecular flexibility index (Phi) is 4.29. The summed E-state index contributed by atoms with van der Waals surface area (Å²) in [5, 5.41) is 13.4. The maximum Gasteiger partial charge on any atom is 0.255 e. The van der Waals surface area contributed by atoms with Gasteiger partial charge in [0, 0.05) is 24.8 Å². The van der Waals surface area contributed by atoms with E-state index in [1.54, 1.807) is 18.5 Å². The average molecular weight is 272 g/mol. The molecule has 0 amide bonds. The lowest BCUT2D eigenvalue weighted by atomic mass is 10.5. The summed E-state index contributed by atoms with van der Waals surface area (Å²) >= 11 is 7.24. The Labute approximate surface area is 107 Å². The predicted molar refractivity (Wildman–Crippen MR) is 64.4 cm³/mol. The van der Waals surface area contributed by atoms with Crippen LogP contribution in [0.25, 0.3) is 5.95 Å². The molecule has 90 valence electrons. The van der Waals surface area contributed by atoms with Gasteiger partial charge in [-0.25, -0.2) is 4.68 Å². The minimum Gasteiger partial charge on any atom is -0.396 e.